The molecule has 0 bridgehead atoms. The Kier molecular flexibility index (Phi) is 6.09. The van der Waals surface area contributed by atoms with E-state index in [0.717, 1.165) is 9.88 Å². The van der Waals surface area contributed by atoms with Crippen molar-refractivity contribution in [3.05, 3.63) is 16.1 Å². The number of hydrogen-bond acceptors (Lipinski definition) is 5. The molecule has 1 aromatic heterocycles. The maximum Gasteiger partial charge on any atom is 0.242 e. The minimum absolute atomic E-state index is 0.0342. The first-order valence-electron chi connectivity index (χ1n) is 6.49. The van der Waals surface area contributed by atoms with E-state index in [1.807, 2.05) is 20.8 Å². The number of amides is 2. The van der Waals surface area contributed by atoms with Gasteiger partial charge in [-0.2, -0.15) is 0 Å². The fraction of sp³-hybridized carbons (Fsp3) is 0.615. The van der Waals surface area contributed by atoms with Crippen LogP contribution in [0.1, 0.15) is 23.7 Å². The Morgan fingerprint density at radius 3 is 2.65 bits per heavy atom. The largest absolute Gasteiger partial charge is 0.346 e. The minimum atomic E-state index is -0.586. The van der Waals surface area contributed by atoms with Crippen molar-refractivity contribution in [1.29, 1.82) is 0 Å². The van der Waals surface area contributed by atoms with Gasteiger partial charge in [0.05, 0.1) is 24.1 Å². The van der Waals surface area contributed by atoms with Gasteiger partial charge in [-0.3, -0.25) is 9.59 Å². The van der Waals surface area contributed by atoms with E-state index in [-0.39, 0.29) is 24.3 Å². The van der Waals surface area contributed by atoms with E-state index < -0.39 is 6.04 Å². The standard InChI is InChI=1S/C13H22N4O2S/c1-8(2)12(14)13(19)16-6-11(18)17(4)7-10-5-15-9(3)20-10/h5,8,12H,6-7,14H2,1-4H3,(H,16,19)/t12-/m0/s1. The third kappa shape index (κ3) is 4.90. The summed E-state index contributed by atoms with van der Waals surface area (Å²) < 4.78 is 0. The highest BCUT2D eigenvalue weighted by atomic mass is 32.1. The second-order valence-corrected chi connectivity index (χ2v) is 6.40. The molecule has 1 atom stereocenters. The second kappa shape index (κ2) is 7.35. The van der Waals surface area contributed by atoms with Crippen LogP contribution >= 0.6 is 11.3 Å². The van der Waals surface area contributed by atoms with Gasteiger partial charge in [0.1, 0.15) is 0 Å². The van der Waals surface area contributed by atoms with Crippen LogP contribution in [0.3, 0.4) is 0 Å². The molecule has 2 amide bonds. The Morgan fingerprint density at radius 2 is 2.15 bits per heavy atom. The number of carbonyl (C=O) groups excluding carboxylic acids is 2. The molecule has 112 valence electrons. The van der Waals surface area contributed by atoms with Gasteiger partial charge in [-0.15, -0.1) is 11.3 Å². The van der Waals surface area contributed by atoms with E-state index in [0.29, 0.717) is 6.54 Å². The van der Waals surface area contributed by atoms with Crippen molar-refractivity contribution >= 4 is 23.2 Å². The molecule has 0 fully saturated rings. The summed E-state index contributed by atoms with van der Waals surface area (Å²) in [6.07, 6.45) is 1.76. The minimum Gasteiger partial charge on any atom is -0.346 e. The molecule has 0 unspecified atom stereocenters. The van der Waals surface area contributed by atoms with Crippen molar-refractivity contribution in [3.63, 3.8) is 0 Å². The zero-order valence-electron chi connectivity index (χ0n) is 12.3. The summed E-state index contributed by atoms with van der Waals surface area (Å²) in [6.45, 7) is 6.11. The lowest BCUT2D eigenvalue weighted by molar-refractivity contribution is -0.132. The van der Waals surface area contributed by atoms with E-state index in [1.165, 1.54) is 0 Å². The molecule has 0 saturated heterocycles. The summed E-state index contributed by atoms with van der Waals surface area (Å²) in [7, 11) is 1.70. The molecule has 3 N–H and O–H groups in total. The molecule has 0 spiro atoms. The molecule has 0 aliphatic heterocycles. The number of nitrogens with two attached hydrogens (primary N) is 1. The number of nitrogens with one attached hydrogen (secondary N) is 1. The molecule has 1 rings (SSSR count). The summed E-state index contributed by atoms with van der Waals surface area (Å²) in [5.74, 6) is -0.404. The number of thiazole rings is 1. The molecule has 1 heterocycles. The van der Waals surface area contributed by atoms with Crippen LogP contribution in [-0.2, 0) is 16.1 Å². The lowest BCUT2D eigenvalue weighted by Crippen LogP contribution is -2.47. The normalized spacial score (nSPS) is 12.3. The smallest absolute Gasteiger partial charge is 0.242 e. The highest BCUT2D eigenvalue weighted by Gasteiger charge is 2.18. The van der Waals surface area contributed by atoms with Crippen LogP contribution in [0.4, 0.5) is 0 Å². The van der Waals surface area contributed by atoms with Crippen molar-refractivity contribution in [1.82, 2.24) is 15.2 Å². The molecule has 0 aliphatic carbocycles. The molecular formula is C13H22N4O2S. The number of carbonyl (C=O) groups is 2. The Morgan fingerprint density at radius 1 is 1.50 bits per heavy atom. The summed E-state index contributed by atoms with van der Waals surface area (Å²) >= 11 is 1.55. The van der Waals surface area contributed by atoms with Crippen molar-refractivity contribution in [2.75, 3.05) is 13.6 Å². The molecule has 0 radical (unpaired) electrons. The SMILES string of the molecule is Cc1ncc(CN(C)C(=O)CNC(=O)[C@@H](N)C(C)C)s1. The molecular weight excluding hydrogens is 276 g/mol. The lowest BCUT2D eigenvalue weighted by atomic mass is 10.1. The first-order chi connectivity index (χ1) is 9.31. The molecule has 6 nitrogen and oxygen atoms in total. The van der Waals surface area contributed by atoms with Gasteiger partial charge in [0.15, 0.2) is 0 Å². The Balaban J connectivity index is 2.40. The zero-order valence-corrected chi connectivity index (χ0v) is 13.2. The van der Waals surface area contributed by atoms with E-state index >= 15 is 0 Å². The van der Waals surface area contributed by atoms with Crippen LogP contribution in [0.5, 0.6) is 0 Å². The molecule has 7 heteroatoms. The van der Waals surface area contributed by atoms with E-state index in [1.54, 1.807) is 29.5 Å². The van der Waals surface area contributed by atoms with E-state index in [4.69, 9.17) is 5.73 Å². The number of aromatic nitrogens is 1. The lowest BCUT2D eigenvalue weighted by Gasteiger charge is -2.18. The van der Waals surface area contributed by atoms with Gasteiger partial charge in [0.25, 0.3) is 0 Å². The summed E-state index contributed by atoms with van der Waals surface area (Å²) in [5.41, 5.74) is 5.71. The predicted molar refractivity (Wildman–Crippen MR) is 79.1 cm³/mol. The van der Waals surface area contributed by atoms with Gasteiger partial charge < -0.3 is 16.0 Å². The average molecular weight is 298 g/mol. The number of aryl methyl sites for hydroxylation is 1. The van der Waals surface area contributed by atoms with Crippen molar-refractivity contribution in [2.24, 2.45) is 11.7 Å². The average Bonchev–Trinajstić information content (AvgIpc) is 2.79. The quantitative estimate of drug-likeness (QED) is 0.801. The van der Waals surface area contributed by atoms with Crippen LogP contribution in [0.2, 0.25) is 0 Å². The third-order valence-electron chi connectivity index (χ3n) is 2.92. The second-order valence-electron chi connectivity index (χ2n) is 5.08. The molecule has 0 aromatic carbocycles. The maximum atomic E-state index is 11.9. The van der Waals surface area contributed by atoms with Gasteiger partial charge in [-0.25, -0.2) is 4.98 Å². The topological polar surface area (TPSA) is 88.3 Å². The first-order valence-corrected chi connectivity index (χ1v) is 7.31. The summed E-state index contributed by atoms with van der Waals surface area (Å²) in [5, 5.41) is 3.54. The van der Waals surface area contributed by atoms with Crippen LogP contribution in [0.25, 0.3) is 0 Å². The zero-order chi connectivity index (χ0) is 15.3. The van der Waals surface area contributed by atoms with Crippen LogP contribution in [-0.4, -0.2) is 41.3 Å². The Bertz CT molecular complexity index is 473. The van der Waals surface area contributed by atoms with Gasteiger partial charge >= 0.3 is 0 Å². The predicted octanol–water partition coefficient (Wildman–Crippen LogP) is 0.509. The Hall–Kier alpha value is -1.47. The first kappa shape index (κ1) is 16.6. The maximum absolute atomic E-state index is 11.9. The number of nitrogens with zero attached hydrogens (tertiary/aromatic N) is 2. The molecule has 20 heavy (non-hydrogen) atoms. The number of likely N-dealkylation sites (N-methyl/N-ethyl adjacent to an activating group) is 1. The number of rotatable bonds is 6. The van der Waals surface area contributed by atoms with Gasteiger partial charge in [0.2, 0.25) is 11.8 Å². The van der Waals surface area contributed by atoms with Gasteiger partial charge in [-0.05, 0) is 12.8 Å². The van der Waals surface area contributed by atoms with Crippen LogP contribution in [0, 0.1) is 12.8 Å². The molecule has 0 aliphatic rings. The van der Waals surface area contributed by atoms with E-state index in [9.17, 15) is 9.59 Å². The summed E-state index contributed by atoms with van der Waals surface area (Å²) in [6, 6.07) is -0.586. The van der Waals surface area contributed by atoms with Crippen LogP contribution in [0.15, 0.2) is 6.20 Å². The fourth-order valence-electron chi connectivity index (χ4n) is 1.52. The van der Waals surface area contributed by atoms with Crippen molar-refractivity contribution in [2.45, 2.75) is 33.4 Å². The van der Waals surface area contributed by atoms with Crippen molar-refractivity contribution in [3.8, 4) is 0 Å². The Labute approximate surface area is 123 Å². The third-order valence-corrected chi connectivity index (χ3v) is 3.82. The highest BCUT2D eigenvalue weighted by Crippen LogP contribution is 2.13. The number of hydrogen-bond donors (Lipinski definition) is 2. The monoisotopic (exact) mass is 298 g/mol. The highest BCUT2D eigenvalue weighted by molar-refractivity contribution is 7.11. The van der Waals surface area contributed by atoms with Crippen LogP contribution < -0.4 is 11.1 Å². The summed E-state index contributed by atoms with van der Waals surface area (Å²) in [4.78, 5) is 30.3. The van der Waals surface area contributed by atoms with Crippen molar-refractivity contribution < 1.29 is 9.59 Å². The fourth-order valence-corrected chi connectivity index (χ4v) is 2.37. The van der Waals surface area contributed by atoms with Gasteiger partial charge in [0, 0.05) is 18.1 Å². The van der Waals surface area contributed by atoms with E-state index in [2.05, 4.69) is 10.3 Å². The van der Waals surface area contributed by atoms with Gasteiger partial charge in [-0.1, -0.05) is 13.8 Å². The molecule has 1 aromatic rings. The molecule has 0 saturated carbocycles.